The van der Waals surface area contributed by atoms with Crippen LogP contribution in [0.4, 0.5) is 0 Å². The first-order valence-corrected chi connectivity index (χ1v) is 9.85. The van der Waals surface area contributed by atoms with E-state index in [0.29, 0.717) is 25.6 Å². The second-order valence-corrected chi connectivity index (χ2v) is 7.09. The molecule has 26 heavy (non-hydrogen) atoms. The van der Waals surface area contributed by atoms with Crippen molar-refractivity contribution in [1.82, 2.24) is 4.31 Å². The van der Waals surface area contributed by atoms with Crippen molar-refractivity contribution in [2.75, 3.05) is 53.2 Å². The number of benzene rings is 1. The predicted octanol–water partition coefficient (Wildman–Crippen LogP) is 1.30. The van der Waals surface area contributed by atoms with Gasteiger partial charge in [0, 0.05) is 20.3 Å². The zero-order valence-corrected chi connectivity index (χ0v) is 16.3. The number of methoxy groups -OCH3 is 1. The second-order valence-electron chi connectivity index (χ2n) is 5.15. The summed E-state index contributed by atoms with van der Waals surface area (Å²) in [7, 11) is -2.40. The molecule has 1 rings (SSSR count). The third kappa shape index (κ3) is 7.28. The van der Waals surface area contributed by atoms with Crippen molar-refractivity contribution in [3.63, 3.8) is 0 Å². The number of nitrogens with zero attached hydrogens (tertiary/aromatic N) is 1. The van der Waals surface area contributed by atoms with Crippen LogP contribution in [0.15, 0.2) is 29.2 Å². The number of rotatable bonds is 13. The largest absolute Gasteiger partial charge is 0.491 e. The minimum absolute atomic E-state index is 0.0459. The van der Waals surface area contributed by atoms with Gasteiger partial charge in [-0.3, -0.25) is 4.79 Å². The molecule has 0 fully saturated rings. The molecule has 1 aromatic rings. The highest BCUT2D eigenvalue weighted by Gasteiger charge is 2.27. The fraction of sp³-hybridized carbons (Fsp3) is 0.588. The molecule has 148 valence electrons. The summed E-state index contributed by atoms with van der Waals surface area (Å²) in [5.41, 5.74) is 0. The maximum atomic E-state index is 12.8. The van der Waals surface area contributed by atoms with E-state index in [2.05, 4.69) is 0 Å². The van der Waals surface area contributed by atoms with Gasteiger partial charge < -0.3 is 18.9 Å². The lowest BCUT2D eigenvalue weighted by Crippen LogP contribution is -2.38. The molecule has 0 aliphatic carbocycles. The highest BCUT2D eigenvalue weighted by Crippen LogP contribution is 2.19. The summed E-state index contributed by atoms with van der Waals surface area (Å²) in [5, 5.41) is 0. The Balaban J connectivity index is 2.84. The number of sulfonamides is 1. The molecule has 0 aliphatic heterocycles. The van der Waals surface area contributed by atoms with Crippen LogP contribution in [0.5, 0.6) is 5.75 Å². The summed E-state index contributed by atoms with van der Waals surface area (Å²) in [4.78, 5) is 11.8. The van der Waals surface area contributed by atoms with Crippen molar-refractivity contribution in [1.29, 1.82) is 0 Å². The average molecular weight is 389 g/mol. The molecule has 0 aromatic heterocycles. The molecule has 9 heteroatoms. The van der Waals surface area contributed by atoms with Crippen molar-refractivity contribution in [2.24, 2.45) is 0 Å². The maximum absolute atomic E-state index is 12.8. The van der Waals surface area contributed by atoms with E-state index in [1.54, 1.807) is 19.1 Å². The molecule has 0 amide bonds. The van der Waals surface area contributed by atoms with Gasteiger partial charge in [-0.05, 0) is 38.1 Å². The van der Waals surface area contributed by atoms with Crippen molar-refractivity contribution >= 4 is 16.0 Å². The molecule has 0 spiro atoms. The van der Waals surface area contributed by atoms with Crippen LogP contribution in [0, 0.1) is 0 Å². The number of hydrogen-bond acceptors (Lipinski definition) is 7. The fourth-order valence-corrected chi connectivity index (χ4v) is 3.42. The summed E-state index contributed by atoms with van der Waals surface area (Å²) < 4.78 is 47.1. The van der Waals surface area contributed by atoms with Crippen molar-refractivity contribution in [3.8, 4) is 5.75 Å². The van der Waals surface area contributed by atoms with Crippen LogP contribution in [-0.4, -0.2) is 71.9 Å². The number of ether oxygens (including phenoxy) is 4. The van der Waals surface area contributed by atoms with Crippen molar-refractivity contribution in [2.45, 2.75) is 18.7 Å². The Labute approximate surface area is 155 Å². The van der Waals surface area contributed by atoms with Gasteiger partial charge in [0.25, 0.3) is 0 Å². The minimum Gasteiger partial charge on any atom is -0.491 e. The normalized spacial score (nSPS) is 11.5. The van der Waals surface area contributed by atoms with Gasteiger partial charge in [-0.15, -0.1) is 0 Å². The van der Waals surface area contributed by atoms with Crippen molar-refractivity contribution in [3.05, 3.63) is 24.3 Å². The molecule has 0 heterocycles. The Morgan fingerprint density at radius 2 is 1.73 bits per heavy atom. The van der Waals surface area contributed by atoms with E-state index < -0.39 is 16.0 Å². The van der Waals surface area contributed by atoms with Gasteiger partial charge in [-0.1, -0.05) is 0 Å². The van der Waals surface area contributed by atoms with Crippen LogP contribution in [0.3, 0.4) is 0 Å². The van der Waals surface area contributed by atoms with Gasteiger partial charge in [0.2, 0.25) is 10.0 Å². The lowest BCUT2D eigenvalue weighted by Gasteiger charge is -2.21. The molecule has 0 unspecified atom stereocenters. The zero-order chi connectivity index (χ0) is 19.4. The van der Waals surface area contributed by atoms with Gasteiger partial charge >= 0.3 is 5.97 Å². The third-order valence-corrected chi connectivity index (χ3v) is 5.18. The molecule has 0 N–H and O–H groups in total. The van der Waals surface area contributed by atoms with Crippen LogP contribution >= 0.6 is 0 Å². The van der Waals surface area contributed by atoms with Crippen LogP contribution in [0.1, 0.15) is 13.8 Å². The Kier molecular flexibility index (Phi) is 10.2. The van der Waals surface area contributed by atoms with E-state index in [4.69, 9.17) is 18.9 Å². The number of carbonyl (C=O) groups is 1. The van der Waals surface area contributed by atoms with E-state index in [0.717, 1.165) is 4.31 Å². The smallest absolute Gasteiger partial charge is 0.321 e. The van der Waals surface area contributed by atoms with Crippen LogP contribution in [0.25, 0.3) is 0 Å². The van der Waals surface area contributed by atoms with Crippen LogP contribution in [0.2, 0.25) is 0 Å². The molecule has 0 radical (unpaired) electrons. The number of carbonyl (C=O) groups excluding carboxylic acids is 1. The third-order valence-electron chi connectivity index (χ3n) is 3.32. The standard InChI is InChI=1S/C17H27NO7S/c1-4-23-12-13-25-15-6-8-16(9-7-15)26(20,21)18(10-11-22-3)14-17(19)24-5-2/h6-9H,4-5,10-14H2,1-3H3. The SMILES string of the molecule is CCOCCOc1ccc(S(=O)(=O)N(CCOC)CC(=O)OCC)cc1. The van der Waals surface area contributed by atoms with E-state index in [1.807, 2.05) is 6.92 Å². The molecule has 0 bridgehead atoms. The Hall–Kier alpha value is -1.68. The molecule has 8 nitrogen and oxygen atoms in total. The summed E-state index contributed by atoms with van der Waals surface area (Å²) in [6.07, 6.45) is 0. The monoisotopic (exact) mass is 389 g/mol. The molecule has 0 atom stereocenters. The first kappa shape index (κ1) is 22.4. The summed E-state index contributed by atoms with van der Waals surface area (Å²) in [6.45, 7) is 5.03. The summed E-state index contributed by atoms with van der Waals surface area (Å²) in [5.74, 6) is -0.0689. The fourth-order valence-electron chi connectivity index (χ4n) is 2.05. The lowest BCUT2D eigenvalue weighted by atomic mass is 10.3. The summed E-state index contributed by atoms with van der Waals surface area (Å²) in [6, 6.07) is 6.02. The molecule has 0 aliphatic rings. The van der Waals surface area contributed by atoms with Crippen LogP contribution < -0.4 is 4.74 Å². The summed E-state index contributed by atoms with van der Waals surface area (Å²) >= 11 is 0. The first-order chi connectivity index (χ1) is 12.5. The number of hydrogen-bond donors (Lipinski definition) is 0. The van der Waals surface area contributed by atoms with E-state index in [1.165, 1.54) is 19.2 Å². The van der Waals surface area contributed by atoms with Gasteiger partial charge in [0.15, 0.2) is 0 Å². The Morgan fingerprint density at radius 3 is 2.31 bits per heavy atom. The van der Waals surface area contributed by atoms with Crippen LogP contribution in [-0.2, 0) is 29.0 Å². The Morgan fingerprint density at radius 1 is 1.04 bits per heavy atom. The van der Waals surface area contributed by atoms with E-state index in [9.17, 15) is 13.2 Å². The topological polar surface area (TPSA) is 91.4 Å². The van der Waals surface area contributed by atoms with E-state index in [-0.39, 0.29) is 31.2 Å². The molecule has 0 saturated carbocycles. The second kappa shape index (κ2) is 11.8. The van der Waals surface area contributed by atoms with Gasteiger partial charge in [-0.25, -0.2) is 8.42 Å². The average Bonchev–Trinajstić information content (AvgIpc) is 2.62. The number of esters is 1. The molecular weight excluding hydrogens is 362 g/mol. The highest BCUT2D eigenvalue weighted by atomic mass is 32.2. The van der Waals surface area contributed by atoms with Gasteiger partial charge in [0.1, 0.15) is 18.9 Å². The predicted molar refractivity (Wildman–Crippen MR) is 95.7 cm³/mol. The lowest BCUT2D eigenvalue weighted by molar-refractivity contribution is -0.143. The molecular formula is C17H27NO7S. The van der Waals surface area contributed by atoms with E-state index >= 15 is 0 Å². The van der Waals surface area contributed by atoms with Gasteiger partial charge in [-0.2, -0.15) is 4.31 Å². The quantitative estimate of drug-likeness (QED) is 0.371. The van der Waals surface area contributed by atoms with Crippen molar-refractivity contribution < 1.29 is 32.2 Å². The first-order valence-electron chi connectivity index (χ1n) is 8.41. The zero-order valence-electron chi connectivity index (χ0n) is 15.5. The minimum atomic E-state index is -3.86. The maximum Gasteiger partial charge on any atom is 0.321 e. The molecule has 1 aromatic carbocycles. The Bertz CT molecular complexity index is 631. The highest BCUT2D eigenvalue weighted by molar-refractivity contribution is 7.89. The van der Waals surface area contributed by atoms with Gasteiger partial charge in [0.05, 0.1) is 24.7 Å². The molecule has 0 saturated heterocycles.